The molecule has 0 radical (unpaired) electrons. The minimum atomic E-state index is -0.259. The van der Waals surface area contributed by atoms with Gasteiger partial charge in [-0.2, -0.15) is 0 Å². The Morgan fingerprint density at radius 1 is 1.21 bits per heavy atom. The number of anilines is 1. The molecular formula is C19H14N4O3S2. The molecule has 1 N–H and O–H groups in total. The third-order valence-electron chi connectivity index (χ3n) is 4.60. The van der Waals surface area contributed by atoms with Crippen LogP contribution in [0.25, 0.3) is 10.2 Å². The maximum absolute atomic E-state index is 12.9. The first-order chi connectivity index (χ1) is 13.7. The number of nitrogens with one attached hydrogen (secondary N) is 1. The maximum Gasteiger partial charge on any atom is 0.260 e. The van der Waals surface area contributed by atoms with Crippen molar-refractivity contribution in [1.29, 1.82) is 0 Å². The molecule has 2 amide bonds. The second-order valence-electron chi connectivity index (χ2n) is 6.37. The largest absolute Gasteiger partial charge is 0.472 e. The lowest BCUT2D eigenvalue weighted by atomic mass is 10.1. The van der Waals surface area contributed by atoms with Gasteiger partial charge in [0.25, 0.3) is 11.8 Å². The third-order valence-corrected chi connectivity index (χ3v) is 6.39. The molecule has 0 unspecified atom stereocenters. The summed E-state index contributed by atoms with van der Waals surface area (Å²) in [6.45, 7) is 1.10. The topological polar surface area (TPSA) is 88.3 Å². The number of nitrogens with zero attached hydrogens (tertiary/aromatic N) is 3. The van der Waals surface area contributed by atoms with Gasteiger partial charge in [0.05, 0.1) is 39.8 Å². The minimum absolute atomic E-state index is 0.00154. The highest BCUT2D eigenvalue weighted by atomic mass is 32.1. The summed E-state index contributed by atoms with van der Waals surface area (Å²) in [5, 5.41) is 3.33. The molecule has 9 heteroatoms. The summed E-state index contributed by atoms with van der Waals surface area (Å²) in [5.41, 5.74) is 4.74. The lowest BCUT2D eigenvalue weighted by Gasteiger charge is -2.26. The van der Waals surface area contributed by atoms with Crippen molar-refractivity contribution in [3.05, 3.63) is 64.0 Å². The van der Waals surface area contributed by atoms with E-state index in [9.17, 15) is 9.59 Å². The van der Waals surface area contributed by atoms with E-state index in [1.165, 1.54) is 35.2 Å². The number of aromatic nitrogens is 2. The van der Waals surface area contributed by atoms with Gasteiger partial charge in [0.15, 0.2) is 5.13 Å². The monoisotopic (exact) mass is 410 g/mol. The second kappa shape index (κ2) is 6.84. The van der Waals surface area contributed by atoms with Crippen molar-refractivity contribution in [3.63, 3.8) is 0 Å². The number of furan rings is 1. The van der Waals surface area contributed by atoms with E-state index in [0.29, 0.717) is 35.8 Å². The molecular weight excluding hydrogens is 396 g/mol. The van der Waals surface area contributed by atoms with E-state index in [2.05, 4.69) is 15.3 Å². The summed E-state index contributed by atoms with van der Waals surface area (Å²) in [6, 6.07) is 7.20. The summed E-state index contributed by atoms with van der Waals surface area (Å²) in [4.78, 5) is 36.7. The van der Waals surface area contributed by atoms with E-state index in [4.69, 9.17) is 4.42 Å². The fourth-order valence-electron chi connectivity index (χ4n) is 3.16. The number of rotatable bonds is 3. The van der Waals surface area contributed by atoms with Gasteiger partial charge in [-0.1, -0.05) is 11.3 Å². The molecule has 4 heterocycles. The van der Waals surface area contributed by atoms with Gasteiger partial charge in [-0.05, 0) is 24.3 Å². The van der Waals surface area contributed by atoms with Gasteiger partial charge in [0.1, 0.15) is 6.26 Å². The van der Waals surface area contributed by atoms with E-state index in [1.807, 2.05) is 23.1 Å². The van der Waals surface area contributed by atoms with Crippen LogP contribution in [-0.4, -0.2) is 33.2 Å². The van der Waals surface area contributed by atoms with Crippen LogP contribution in [0.1, 0.15) is 31.3 Å². The molecule has 28 heavy (non-hydrogen) atoms. The SMILES string of the molecule is O=C(Nc1nc2c(s1)CN(C(=O)c1ccc3ncsc3c1)CC2)c1ccoc1. The molecule has 0 saturated heterocycles. The highest BCUT2D eigenvalue weighted by Gasteiger charge is 2.25. The molecule has 1 aromatic carbocycles. The van der Waals surface area contributed by atoms with Crippen molar-refractivity contribution < 1.29 is 14.0 Å². The van der Waals surface area contributed by atoms with Crippen molar-refractivity contribution in [3.8, 4) is 0 Å². The first-order valence-electron chi connectivity index (χ1n) is 8.62. The average molecular weight is 410 g/mol. The molecule has 0 atom stereocenters. The van der Waals surface area contributed by atoms with Gasteiger partial charge in [-0.25, -0.2) is 9.97 Å². The fourth-order valence-corrected chi connectivity index (χ4v) is 4.89. The van der Waals surface area contributed by atoms with Gasteiger partial charge in [0.2, 0.25) is 0 Å². The van der Waals surface area contributed by atoms with E-state index >= 15 is 0 Å². The zero-order valence-electron chi connectivity index (χ0n) is 14.5. The summed E-state index contributed by atoms with van der Waals surface area (Å²) >= 11 is 2.93. The quantitative estimate of drug-likeness (QED) is 0.555. The predicted molar refractivity (Wildman–Crippen MR) is 107 cm³/mol. The van der Waals surface area contributed by atoms with Crippen molar-refractivity contribution >= 4 is 49.8 Å². The number of hydrogen-bond donors (Lipinski definition) is 1. The number of hydrogen-bond acceptors (Lipinski definition) is 7. The van der Waals surface area contributed by atoms with Crippen LogP contribution >= 0.6 is 22.7 Å². The van der Waals surface area contributed by atoms with Gasteiger partial charge < -0.3 is 9.32 Å². The van der Waals surface area contributed by atoms with E-state index in [-0.39, 0.29) is 11.8 Å². The number of fused-ring (bicyclic) bond motifs is 2. The Labute approximate surface area is 167 Å². The molecule has 5 rings (SSSR count). The van der Waals surface area contributed by atoms with Gasteiger partial charge in [0, 0.05) is 23.4 Å². The smallest absolute Gasteiger partial charge is 0.260 e. The minimum Gasteiger partial charge on any atom is -0.472 e. The molecule has 0 fully saturated rings. The number of carbonyl (C=O) groups is 2. The normalized spacial score (nSPS) is 13.5. The Hall–Kier alpha value is -3.04. The van der Waals surface area contributed by atoms with Crippen LogP contribution in [0.2, 0.25) is 0 Å². The van der Waals surface area contributed by atoms with Crippen LogP contribution in [0.5, 0.6) is 0 Å². The molecule has 1 aliphatic rings. The Morgan fingerprint density at radius 2 is 2.14 bits per heavy atom. The molecule has 140 valence electrons. The molecule has 0 saturated carbocycles. The van der Waals surface area contributed by atoms with Crippen molar-refractivity contribution in [2.75, 3.05) is 11.9 Å². The summed E-state index contributed by atoms with van der Waals surface area (Å²) in [6.07, 6.45) is 3.51. The van der Waals surface area contributed by atoms with E-state index < -0.39 is 0 Å². The first-order valence-corrected chi connectivity index (χ1v) is 10.3. The van der Waals surface area contributed by atoms with Crippen LogP contribution in [0.3, 0.4) is 0 Å². The van der Waals surface area contributed by atoms with Crippen LogP contribution in [0.15, 0.2) is 46.7 Å². The van der Waals surface area contributed by atoms with E-state index in [1.54, 1.807) is 11.6 Å². The number of benzene rings is 1. The highest BCUT2D eigenvalue weighted by molar-refractivity contribution is 7.16. The molecule has 4 aromatic rings. The summed E-state index contributed by atoms with van der Waals surface area (Å²) in [7, 11) is 0. The zero-order valence-corrected chi connectivity index (χ0v) is 16.2. The molecule has 0 bridgehead atoms. The number of amides is 2. The Balaban J connectivity index is 1.32. The molecule has 3 aromatic heterocycles. The third kappa shape index (κ3) is 3.08. The summed E-state index contributed by atoms with van der Waals surface area (Å²) in [5.74, 6) is -0.260. The molecule has 0 spiro atoms. The maximum atomic E-state index is 12.9. The fraction of sp³-hybridized carbons (Fsp3) is 0.158. The van der Waals surface area contributed by atoms with Gasteiger partial charge >= 0.3 is 0 Å². The van der Waals surface area contributed by atoms with Gasteiger partial charge in [-0.3, -0.25) is 14.9 Å². The lowest BCUT2D eigenvalue weighted by Crippen LogP contribution is -2.35. The van der Waals surface area contributed by atoms with Gasteiger partial charge in [-0.15, -0.1) is 11.3 Å². The summed E-state index contributed by atoms with van der Waals surface area (Å²) < 4.78 is 5.94. The van der Waals surface area contributed by atoms with Crippen LogP contribution in [0.4, 0.5) is 5.13 Å². The Morgan fingerprint density at radius 3 is 3.00 bits per heavy atom. The Kier molecular flexibility index (Phi) is 4.18. The highest BCUT2D eigenvalue weighted by Crippen LogP contribution is 2.30. The molecule has 1 aliphatic heterocycles. The molecule has 7 nitrogen and oxygen atoms in total. The van der Waals surface area contributed by atoms with Crippen molar-refractivity contribution in [2.45, 2.75) is 13.0 Å². The number of carbonyl (C=O) groups excluding carboxylic acids is 2. The average Bonchev–Trinajstić information content (AvgIpc) is 3.45. The second-order valence-corrected chi connectivity index (χ2v) is 8.34. The first kappa shape index (κ1) is 17.1. The van der Waals surface area contributed by atoms with Crippen molar-refractivity contribution in [1.82, 2.24) is 14.9 Å². The lowest BCUT2D eigenvalue weighted by molar-refractivity contribution is 0.0736. The molecule has 0 aliphatic carbocycles. The predicted octanol–water partition coefficient (Wildman–Crippen LogP) is 3.80. The number of thiazole rings is 2. The van der Waals surface area contributed by atoms with Crippen LogP contribution in [-0.2, 0) is 13.0 Å². The zero-order chi connectivity index (χ0) is 19.1. The van der Waals surface area contributed by atoms with Crippen molar-refractivity contribution in [2.24, 2.45) is 0 Å². The standard InChI is InChI=1S/C19H14N4O3S2/c24-17(12-4-6-26-9-12)22-19-21-14-3-5-23(8-16(14)28-19)18(25)11-1-2-13-15(7-11)27-10-20-13/h1-2,4,6-7,9-10H,3,5,8H2,(H,21,22,24). The Bertz CT molecular complexity index is 1180. The van der Waals surface area contributed by atoms with Crippen LogP contribution in [0, 0.1) is 0 Å². The van der Waals surface area contributed by atoms with Crippen LogP contribution < -0.4 is 5.32 Å². The van der Waals surface area contributed by atoms with E-state index in [0.717, 1.165) is 20.8 Å².